The second-order valence-electron chi connectivity index (χ2n) is 8.78. The highest BCUT2D eigenvalue weighted by Crippen LogP contribution is 2.33. The van der Waals surface area contributed by atoms with E-state index < -0.39 is 15.8 Å². The van der Waals surface area contributed by atoms with Crippen LogP contribution in [-0.4, -0.2) is 58.4 Å². The molecule has 0 saturated carbocycles. The molecule has 1 fully saturated rings. The molecule has 2 aromatic carbocycles. The second kappa shape index (κ2) is 9.32. The molecule has 34 heavy (non-hydrogen) atoms. The lowest BCUT2D eigenvalue weighted by Crippen LogP contribution is -2.36. The van der Waals surface area contributed by atoms with Crippen LogP contribution in [0.1, 0.15) is 12.8 Å². The summed E-state index contributed by atoms with van der Waals surface area (Å²) in [5.41, 5.74) is 1.78. The zero-order valence-electron chi connectivity index (χ0n) is 18.7. The Hall–Kier alpha value is -3.01. The number of hydrogen-bond acceptors (Lipinski definition) is 5. The van der Waals surface area contributed by atoms with E-state index in [1.807, 2.05) is 10.9 Å². The predicted octanol–water partition coefficient (Wildman–Crippen LogP) is 3.59. The Labute approximate surface area is 198 Å². The Morgan fingerprint density at radius 1 is 1.06 bits per heavy atom. The third-order valence-electron chi connectivity index (χ3n) is 6.55. The van der Waals surface area contributed by atoms with E-state index in [9.17, 15) is 12.8 Å². The van der Waals surface area contributed by atoms with Gasteiger partial charge in [-0.25, -0.2) is 16.8 Å². The summed E-state index contributed by atoms with van der Waals surface area (Å²) in [5, 5.41) is 14.3. The van der Waals surface area contributed by atoms with E-state index in [0.29, 0.717) is 22.4 Å². The Morgan fingerprint density at radius 3 is 2.56 bits per heavy atom. The summed E-state index contributed by atoms with van der Waals surface area (Å²) < 4.78 is 43.9. The van der Waals surface area contributed by atoms with E-state index in [1.165, 1.54) is 24.3 Å². The number of benzene rings is 2. The van der Waals surface area contributed by atoms with Gasteiger partial charge in [0.25, 0.3) is 10.0 Å². The average Bonchev–Trinajstić information content (AvgIpc) is 3.45. The van der Waals surface area contributed by atoms with Crippen molar-refractivity contribution in [2.75, 3.05) is 26.2 Å². The number of piperidine rings is 1. The number of likely N-dealkylation sites (tertiary alicyclic amines) is 1. The first-order chi connectivity index (χ1) is 16.5. The number of hydrogen-bond donors (Lipinski definition) is 1. The molecule has 7 nitrogen and oxygen atoms in total. The monoisotopic (exact) mass is 482 g/mol. The number of fused-ring (bicyclic) bond motifs is 1. The lowest BCUT2D eigenvalue weighted by molar-refractivity contribution is 0.140. The summed E-state index contributed by atoms with van der Waals surface area (Å²) in [6.45, 7) is 3.62. The van der Waals surface area contributed by atoms with Crippen LogP contribution < -0.4 is 0 Å². The van der Waals surface area contributed by atoms with Crippen LogP contribution >= 0.6 is 0 Å². The van der Waals surface area contributed by atoms with Crippen molar-refractivity contribution < 1.29 is 17.9 Å². The van der Waals surface area contributed by atoms with Crippen molar-refractivity contribution in [2.45, 2.75) is 24.3 Å². The fourth-order valence-corrected chi connectivity index (χ4v) is 6.09. The molecule has 1 aliphatic heterocycles. The van der Waals surface area contributed by atoms with Crippen LogP contribution in [0, 0.1) is 11.7 Å². The highest BCUT2D eigenvalue weighted by molar-refractivity contribution is 7.90. The summed E-state index contributed by atoms with van der Waals surface area (Å²) in [7, 11) is -3.90. The first kappa shape index (κ1) is 22.8. The van der Waals surface area contributed by atoms with Gasteiger partial charge in [-0.05, 0) is 62.2 Å². The molecule has 1 N–H and O–H groups in total. The van der Waals surface area contributed by atoms with Gasteiger partial charge in [-0.15, -0.1) is 0 Å². The van der Waals surface area contributed by atoms with Gasteiger partial charge in [0.2, 0.25) is 0 Å². The Kier molecular flexibility index (Phi) is 6.24. The van der Waals surface area contributed by atoms with E-state index in [4.69, 9.17) is 5.11 Å². The number of halogens is 1. The van der Waals surface area contributed by atoms with Crippen molar-refractivity contribution >= 4 is 20.9 Å². The summed E-state index contributed by atoms with van der Waals surface area (Å²) in [6.07, 6.45) is 7.31. The molecule has 0 amide bonds. The van der Waals surface area contributed by atoms with Gasteiger partial charge in [-0.1, -0.05) is 18.2 Å². The summed E-state index contributed by atoms with van der Waals surface area (Å²) >= 11 is 0. The maximum Gasteiger partial charge on any atom is 0.268 e. The largest absolute Gasteiger partial charge is 0.395 e. The molecule has 2 aromatic heterocycles. The molecule has 1 saturated heterocycles. The Morgan fingerprint density at radius 2 is 1.82 bits per heavy atom. The predicted molar refractivity (Wildman–Crippen MR) is 128 cm³/mol. The number of rotatable bonds is 7. The fourth-order valence-electron chi connectivity index (χ4n) is 4.71. The molecule has 3 heterocycles. The zero-order valence-corrected chi connectivity index (χ0v) is 19.5. The molecule has 0 aliphatic carbocycles. The first-order valence-electron chi connectivity index (χ1n) is 11.4. The lowest BCUT2D eigenvalue weighted by atomic mass is 9.97. The Bertz CT molecular complexity index is 1390. The van der Waals surface area contributed by atoms with Gasteiger partial charge in [0.1, 0.15) is 5.82 Å². The summed E-state index contributed by atoms with van der Waals surface area (Å²) in [5.74, 6) is 0.00138. The number of β-amino-alcohol motifs (C(OH)–C–C–N with tert-alkyl or cyclic N) is 1. The van der Waals surface area contributed by atoms with Crippen LogP contribution in [-0.2, 0) is 16.6 Å². The number of aromatic nitrogens is 3. The number of nitrogens with zero attached hydrogens (tertiary/aromatic N) is 4. The molecule has 0 atom stereocenters. The second-order valence-corrected chi connectivity index (χ2v) is 10.6. The molecule has 0 unspecified atom stereocenters. The minimum absolute atomic E-state index is 0.144. The third-order valence-corrected chi connectivity index (χ3v) is 8.23. The topological polar surface area (TPSA) is 80.4 Å². The van der Waals surface area contributed by atoms with Gasteiger partial charge in [-0.2, -0.15) is 5.10 Å². The summed E-state index contributed by atoms with van der Waals surface area (Å²) in [4.78, 5) is 2.41. The van der Waals surface area contributed by atoms with Crippen molar-refractivity contribution in [2.24, 2.45) is 5.92 Å². The van der Waals surface area contributed by atoms with Gasteiger partial charge < -0.3 is 10.0 Å². The van der Waals surface area contributed by atoms with Crippen molar-refractivity contribution in [3.8, 4) is 11.1 Å². The van der Waals surface area contributed by atoms with Gasteiger partial charge in [0.05, 0.1) is 23.2 Å². The molecule has 9 heteroatoms. The molecule has 4 aromatic rings. The number of aliphatic hydroxyl groups excluding tert-OH is 1. The van der Waals surface area contributed by atoms with Crippen molar-refractivity contribution in [1.82, 2.24) is 18.7 Å². The van der Waals surface area contributed by atoms with Crippen molar-refractivity contribution in [3.05, 3.63) is 72.9 Å². The van der Waals surface area contributed by atoms with Gasteiger partial charge in [0, 0.05) is 42.0 Å². The van der Waals surface area contributed by atoms with Crippen LogP contribution in [0.5, 0.6) is 0 Å². The van der Waals surface area contributed by atoms with E-state index in [0.717, 1.165) is 48.6 Å². The first-order valence-corrected chi connectivity index (χ1v) is 12.9. The van der Waals surface area contributed by atoms with Crippen molar-refractivity contribution in [3.63, 3.8) is 0 Å². The number of aliphatic hydroxyl groups is 1. The van der Waals surface area contributed by atoms with E-state index in [2.05, 4.69) is 10.00 Å². The minimum atomic E-state index is -3.90. The summed E-state index contributed by atoms with van der Waals surface area (Å²) in [6, 6.07) is 12.4. The standard InChI is InChI=1S/C25H27FN4O3S/c26-21-6-7-23-24(18-30(25(23)14-21)34(32,33)22-4-2-1-3-5-22)20-15-27-29(17-20)16-19-8-10-28(11-9-19)12-13-31/h1-7,14-15,17-19,31H,8-13,16H2. The highest BCUT2D eigenvalue weighted by atomic mass is 32.2. The average molecular weight is 483 g/mol. The van der Waals surface area contributed by atoms with Gasteiger partial charge in [-0.3, -0.25) is 4.68 Å². The maximum atomic E-state index is 14.1. The maximum absolute atomic E-state index is 14.1. The molecule has 0 radical (unpaired) electrons. The third kappa shape index (κ3) is 4.38. The normalized spacial score (nSPS) is 15.8. The SMILES string of the molecule is O=S(=O)(c1ccccc1)n1cc(-c2cnn(CC3CCN(CCO)CC3)c2)c2ccc(F)cc21. The molecule has 5 rings (SSSR count). The van der Waals surface area contributed by atoms with Gasteiger partial charge >= 0.3 is 0 Å². The molecule has 0 spiro atoms. The molecule has 1 aliphatic rings. The highest BCUT2D eigenvalue weighted by Gasteiger charge is 2.23. The molecule has 178 valence electrons. The lowest BCUT2D eigenvalue weighted by Gasteiger charge is -2.31. The smallest absolute Gasteiger partial charge is 0.268 e. The van der Waals surface area contributed by atoms with Gasteiger partial charge in [0.15, 0.2) is 0 Å². The zero-order chi connectivity index (χ0) is 23.7. The molecular formula is C25H27FN4O3S. The van der Waals surface area contributed by atoms with E-state index >= 15 is 0 Å². The van der Waals surface area contributed by atoms with E-state index in [1.54, 1.807) is 36.7 Å². The van der Waals surface area contributed by atoms with Crippen LogP contribution in [0.3, 0.4) is 0 Å². The van der Waals surface area contributed by atoms with Crippen molar-refractivity contribution in [1.29, 1.82) is 0 Å². The van der Waals surface area contributed by atoms with E-state index in [-0.39, 0.29) is 11.5 Å². The van der Waals surface area contributed by atoms with Crippen LogP contribution in [0.2, 0.25) is 0 Å². The molecular weight excluding hydrogens is 455 g/mol. The van der Waals surface area contributed by atoms with Crippen LogP contribution in [0.25, 0.3) is 22.0 Å². The molecule has 0 bridgehead atoms. The quantitative estimate of drug-likeness (QED) is 0.436. The fraction of sp³-hybridized carbons (Fsp3) is 0.320. The van der Waals surface area contributed by atoms with Crippen LogP contribution in [0.4, 0.5) is 4.39 Å². The van der Waals surface area contributed by atoms with Crippen LogP contribution in [0.15, 0.2) is 72.0 Å². The Balaban J connectivity index is 1.46. The minimum Gasteiger partial charge on any atom is -0.395 e.